The number of tetrazole rings is 1. The number of hydrogen-bond donors (Lipinski definition) is 1. The standard InChI is InChI=1S/C26H34N6O6/c1-26(2,3)27-25(34)23(20-9-7-13-38-20)31(15-18-8-6-12-37-18)22(33)16-32-29-24(28-30-32)17-10-11-19(35-4)21(14-17)36-5/h7,9-11,13-14,18,23H,6,8,12,15-16H2,1-5H3,(H,27,34). The summed E-state index contributed by atoms with van der Waals surface area (Å²) in [6.07, 6.45) is 2.98. The van der Waals surface area contributed by atoms with Crippen LogP contribution < -0.4 is 14.8 Å². The number of nitrogens with zero attached hydrogens (tertiary/aromatic N) is 5. The van der Waals surface area contributed by atoms with Crippen molar-refractivity contribution in [3.8, 4) is 22.9 Å². The Morgan fingerprint density at radius 2 is 2.00 bits per heavy atom. The van der Waals surface area contributed by atoms with Gasteiger partial charge in [-0.1, -0.05) is 0 Å². The molecule has 38 heavy (non-hydrogen) atoms. The van der Waals surface area contributed by atoms with Crippen LogP contribution >= 0.6 is 0 Å². The number of nitrogens with one attached hydrogen (secondary N) is 1. The number of hydrogen-bond acceptors (Lipinski definition) is 9. The fourth-order valence-corrected chi connectivity index (χ4v) is 4.28. The molecule has 2 atom stereocenters. The molecule has 3 aromatic rings. The maximum Gasteiger partial charge on any atom is 0.251 e. The van der Waals surface area contributed by atoms with E-state index < -0.39 is 11.6 Å². The predicted molar refractivity (Wildman–Crippen MR) is 136 cm³/mol. The maximum atomic E-state index is 13.7. The molecule has 12 nitrogen and oxygen atoms in total. The van der Waals surface area contributed by atoms with Crippen LogP contribution in [0.3, 0.4) is 0 Å². The first-order valence-electron chi connectivity index (χ1n) is 12.4. The summed E-state index contributed by atoms with van der Waals surface area (Å²) in [7, 11) is 3.09. The van der Waals surface area contributed by atoms with E-state index in [9.17, 15) is 9.59 Å². The van der Waals surface area contributed by atoms with Crippen LogP contribution in [-0.2, 0) is 20.9 Å². The summed E-state index contributed by atoms with van der Waals surface area (Å²) in [6.45, 7) is 6.25. The highest BCUT2D eigenvalue weighted by atomic mass is 16.5. The molecule has 0 bridgehead atoms. The maximum absolute atomic E-state index is 13.7. The van der Waals surface area contributed by atoms with E-state index in [1.54, 1.807) is 44.6 Å². The van der Waals surface area contributed by atoms with Gasteiger partial charge in [-0.25, -0.2) is 0 Å². The summed E-state index contributed by atoms with van der Waals surface area (Å²) in [6, 6.07) is 7.63. The SMILES string of the molecule is COc1ccc(-c2nnn(CC(=O)N(CC3CCCO3)C(C(=O)NC(C)(C)C)c3ccco3)n2)cc1OC. The van der Waals surface area contributed by atoms with Gasteiger partial charge in [0, 0.05) is 24.3 Å². The summed E-state index contributed by atoms with van der Waals surface area (Å²) >= 11 is 0. The molecular weight excluding hydrogens is 492 g/mol. The summed E-state index contributed by atoms with van der Waals surface area (Å²) in [5.74, 6) is 1.04. The summed E-state index contributed by atoms with van der Waals surface area (Å²) in [5.41, 5.74) is 0.137. The largest absolute Gasteiger partial charge is 0.493 e. The molecule has 2 aromatic heterocycles. The molecule has 1 saturated heterocycles. The molecule has 0 aliphatic carbocycles. The van der Waals surface area contributed by atoms with E-state index in [4.69, 9.17) is 18.6 Å². The van der Waals surface area contributed by atoms with E-state index in [-0.39, 0.29) is 31.0 Å². The third-order valence-corrected chi connectivity index (χ3v) is 5.99. The molecule has 204 valence electrons. The predicted octanol–water partition coefficient (Wildman–Crippen LogP) is 2.61. The Labute approximate surface area is 221 Å². The Bertz CT molecular complexity index is 1230. The van der Waals surface area contributed by atoms with Gasteiger partial charge in [0.05, 0.1) is 26.6 Å². The van der Waals surface area contributed by atoms with Gasteiger partial charge in [-0.3, -0.25) is 9.59 Å². The van der Waals surface area contributed by atoms with Crippen LogP contribution in [0.4, 0.5) is 0 Å². The first-order chi connectivity index (χ1) is 18.2. The average molecular weight is 527 g/mol. The van der Waals surface area contributed by atoms with Gasteiger partial charge in [-0.15, -0.1) is 10.2 Å². The van der Waals surface area contributed by atoms with Gasteiger partial charge in [-0.05, 0) is 69.2 Å². The second-order valence-electron chi connectivity index (χ2n) is 10.1. The zero-order valence-corrected chi connectivity index (χ0v) is 22.3. The van der Waals surface area contributed by atoms with Gasteiger partial charge in [0.1, 0.15) is 12.3 Å². The molecule has 12 heteroatoms. The smallest absolute Gasteiger partial charge is 0.251 e. The first-order valence-corrected chi connectivity index (χ1v) is 12.4. The minimum Gasteiger partial charge on any atom is -0.493 e. The Morgan fingerprint density at radius 3 is 2.63 bits per heavy atom. The number of furan rings is 1. The van der Waals surface area contributed by atoms with E-state index in [0.717, 1.165) is 12.8 Å². The second kappa shape index (κ2) is 11.6. The zero-order chi connectivity index (χ0) is 27.3. The van der Waals surface area contributed by atoms with Crippen molar-refractivity contribution >= 4 is 11.8 Å². The Hall–Kier alpha value is -3.93. The van der Waals surface area contributed by atoms with E-state index in [2.05, 4.69) is 20.7 Å². The number of carbonyl (C=O) groups is 2. The van der Waals surface area contributed by atoms with Crippen LogP contribution in [0.1, 0.15) is 45.4 Å². The summed E-state index contributed by atoms with van der Waals surface area (Å²) in [5, 5.41) is 15.5. The third-order valence-electron chi connectivity index (χ3n) is 5.99. The zero-order valence-electron chi connectivity index (χ0n) is 22.3. The first kappa shape index (κ1) is 27.1. The minimum absolute atomic E-state index is 0.190. The van der Waals surface area contributed by atoms with Crippen molar-refractivity contribution in [2.24, 2.45) is 0 Å². The number of rotatable bonds is 10. The van der Waals surface area contributed by atoms with Crippen molar-refractivity contribution < 1.29 is 28.2 Å². The van der Waals surface area contributed by atoms with Crippen LogP contribution in [0, 0.1) is 0 Å². The van der Waals surface area contributed by atoms with Crippen LogP contribution in [0.2, 0.25) is 0 Å². The molecule has 0 radical (unpaired) electrons. The molecule has 1 aromatic carbocycles. The third kappa shape index (κ3) is 6.49. The van der Waals surface area contributed by atoms with E-state index in [1.807, 2.05) is 20.8 Å². The van der Waals surface area contributed by atoms with Crippen molar-refractivity contribution in [1.82, 2.24) is 30.4 Å². The van der Waals surface area contributed by atoms with Gasteiger partial charge in [0.25, 0.3) is 5.91 Å². The molecule has 4 rings (SSSR count). The lowest BCUT2D eigenvalue weighted by Crippen LogP contribution is -2.51. The highest BCUT2D eigenvalue weighted by Crippen LogP contribution is 2.31. The van der Waals surface area contributed by atoms with Gasteiger partial charge in [0.2, 0.25) is 11.7 Å². The quantitative estimate of drug-likeness (QED) is 0.423. The lowest BCUT2D eigenvalue weighted by molar-refractivity contribution is -0.144. The molecular formula is C26H34N6O6. The average Bonchev–Trinajstić information content (AvgIpc) is 3.66. The fourth-order valence-electron chi connectivity index (χ4n) is 4.28. The molecule has 1 aliphatic rings. The Balaban J connectivity index is 1.60. The van der Waals surface area contributed by atoms with Crippen molar-refractivity contribution in [2.45, 2.75) is 57.8 Å². The van der Waals surface area contributed by atoms with Crippen molar-refractivity contribution in [1.29, 1.82) is 0 Å². The summed E-state index contributed by atoms with van der Waals surface area (Å²) in [4.78, 5) is 29.9. The number of amides is 2. The number of aromatic nitrogens is 4. The minimum atomic E-state index is -0.991. The van der Waals surface area contributed by atoms with Crippen LogP contribution in [-0.4, -0.2) is 75.9 Å². The second-order valence-corrected chi connectivity index (χ2v) is 10.1. The van der Waals surface area contributed by atoms with Crippen molar-refractivity contribution in [2.75, 3.05) is 27.4 Å². The lowest BCUT2D eigenvalue weighted by atomic mass is 10.1. The van der Waals surface area contributed by atoms with E-state index >= 15 is 0 Å². The van der Waals surface area contributed by atoms with Crippen molar-refractivity contribution in [3.63, 3.8) is 0 Å². The molecule has 2 unspecified atom stereocenters. The molecule has 1 aliphatic heterocycles. The fraction of sp³-hybridized carbons (Fsp3) is 0.500. The molecule has 3 heterocycles. The molecule has 0 spiro atoms. The number of ether oxygens (including phenoxy) is 3. The van der Waals surface area contributed by atoms with Crippen LogP contribution in [0.5, 0.6) is 11.5 Å². The Morgan fingerprint density at radius 1 is 1.21 bits per heavy atom. The highest BCUT2D eigenvalue weighted by molar-refractivity contribution is 5.88. The topological polar surface area (TPSA) is 134 Å². The molecule has 2 amide bonds. The lowest BCUT2D eigenvalue weighted by Gasteiger charge is -2.33. The van der Waals surface area contributed by atoms with E-state index in [1.165, 1.54) is 16.0 Å². The highest BCUT2D eigenvalue weighted by Gasteiger charge is 2.37. The molecule has 1 N–H and O–H groups in total. The molecule has 1 fully saturated rings. The van der Waals surface area contributed by atoms with Gasteiger partial charge in [-0.2, -0.15) is 4.80 Å². The normalized spacial score (nSPS) is 16.2. The van der Waals surface area contributed by atoms with Gasteiger partial charge >= 0.3 is 0 Å². The number of methoxy groups -OCH3 is 2. The Kier molecular flexibility index (Phi) is 8.30. The molecule has 0 saturated carbocycles. The van der Waals surface area contributed by atoms with Crippen LogP contribution in [0.25, 0.3) is 11.4 Å². The monoisotopic (exact) mass is 526 g/mol. The summed E-state index contributed by atoms with van der Waals surface area (Å²) < 4.78 is 22.1. The van der Waals surface area contributed by atoms with Gasteiger partial charge in [0.15, 0.2) is 17.5 Å². The van der Waals surface area contributed by atoms with Crippen molar-refractivity contribution in [3.05, 3.63) is 42.4 Å². The van der Waals surface area contributed by atoms with Gasteiger partial charge < -0.3 is 28.8 Å². The number of benzene rings is 1. The van der Waals surface area contributed by atoms with Crippen LogP contribution in [0.15, 0.2) is 41.0 Å². The number of carbonyl (C=O) groups excluding carboxylic acids is 2. The van der Waals surface area contributed by atoms with E-state index in [0.29, 0.717) is 35.3 Å².